The third kappa shape index (κ3) is 2.81. The first-order valence-corrected chi connectivity index (χ1v) is 6.12. The van der Waals surface area contributed by atoms with Crippen LogP contribution in [0.15, 0.2) is 42.5 Å². The lowest BCUT2D eigenvalue weighted by Gasteiger charge is -2.08. The lowest BCUT2D eigenvalue weighted by molar-refractivity contribution is 0.0600. The zero-order valence-electron chi connectivity index (χ0n) is 10.6. The van der Waals surface area contributed by atoms with E-state index < -0.39 is 11.9 Å². The van der Waals surface area contributed by atoms with Gasteiger partial charge in [0.1, 0.15) is 0 Å². The molecule has 0 amide bonds. The van der Waals surface area contributed by atoms with E-state index in [1.165, 1.54) is 19.2 Å². The second-order valence-corrected chi connectivity index (χ2v) is 4.48. The zero-order chi connectivity index (χ0) is 14.7. The first-order chi connectivity index (χ1) is 9.52. The summed E-state index contributed by atoms with van der Waals surface area (Å²) in [7, 11) is 1.29. The Balaban J connectivity index is 2.54. The van der Waals surface area contributed by atoms with Crippen LogP contribution in [0.5, 0.6) is 0 Å². The lowest BCUT2D eigenvalue weighted by atomic mass is 10.0. The minimum atomic E-state index is -1.02. The van der Waals surface area contributed by atoms with Gasteiger partial charge in [0.25, 0.3) is 0 Å². The molecule has 2 rings (SSSR count). The Hall–Kier alpha value is -2.33. The predicted molar refractivity (Wildman–Crippen MR) is 75.2 cm³/mol. The van der Waals surface area contributed by atoms with E-state index in [9.17, 15) is 9.59 Å². The van der Waals surface area contributed by atoms with Crippen molar-refractivity contribution in [3.8, 4) is 11.1 Å². The Morgan fingerprint density at radius 2 is 1.85 bits per heavy atom. The predicted octanol–water partition coefficient (Wildman–Crippen LogP) is 3.49. The highest BCUT2D eigenvalue weighted by molar-refractivity contribution is 6.33. The number of esters is 1. The van der Waals surface area contributed by atoms with E-state index in [-0.39, 0.29) is 5.56 Å². The number of rotatable bonds is 3. The minimum Gasteiger partial charge on any atom is -0.478 e. The van der Waals surface area contributed by atoms with E-state index in [1.54, 1.807) is 30.3 Å². The van der Waals surface area contributed by atoms with Crippen molar-refractivity contribution in [3.63, 3.8) is 0 Å². The number of benzene rings is 2. The van der Waals surface area contributed by atoms with Crippen LogP contribution < -0.4 is 0 Å². The van der Waals surface area contributed by atoms with Crippen LogP contribution >= 0.6 is 11.6 Å². The fourth-order valence-corrected chi connectivity index (χ4v) is 2.04. The summed E-state index contributed by atoms with van der Waals surface area (Å²) in [6.45, 7) is 0. The van der Waals surface area contributed by atoms with Gasteiger partial charge in [0.05, 0.1) is 18.2 Å². The fraction of sp³-hybridized carbons (Fsp3) is 0.0667. The summed E-state index contributed by atoms with van der Waals surface area (Å²) >= 11 is 6.11. The molecule has 0 unspecified atom stereocenters. The third-order valence-corrected chi connectivity index (χ3v) is 3.14. The number of halogens is 1. The number of aromatic carboxylic acids is 1. The Bertz CT molecular complexity index is 679. The summed E-state index contributed by atoms with van der Waals surface area (Å²) in [6, 6.07) is 11.1. The maximum atomic E-state index is 11.5. The molecular formula is C15H11ClO4. The van der Waals surface area contributed by atoms with E-state index in [1.807, 2.05) is 0 Å². The molecule has 0 spiro atoms. The molecule has 20 heavy (non-hydrogen) atoms. The van der Waals surface area contributed by atoms with Gasteiger partial charge in [0.2, 0.25) is 0 Å². The summed E-state index contributed by atoms with van der Waals surface area (Å²) in [5.74, 6) is -1.50. The molecule has 0 saturated carbocycles. The number of carboxylic acids is 1. The van der Waals surface area contributed by atoms with Crippen molar-refractivity contribution >= 4 is 23.5 Å². The second kappa shape index (κ2) is 5.75. The van der Waals surface area contributed by atoms with Crippen LogP contribution in [0.1, 0.15) is 20.7 Å². The van der Waals surface area contributed by atoms with Crippen LogP contribution in [0.25, 0.3) is 11.1 Å². The van der Waals surface area contributed by atoms with Gasteiger partial charge in [-0.05, 0) is 35.9 Å². The quantitative estimate of drug-likeness (QED) is 0.879. The van der Waals surface area contributed by atoms with Crippen molar-refractivity contribution in [2.45, 2.75) is 0 Å². The Kier molecular flexibility index (Phi) is 4.05. The van der Waals surface area contributed by atoms with Crippen LogP contribution in [0.3, 0.4) is 0 Å². The standard InChI is InChI=1S/C15H11ClO4/c1-20-15(19)11-5-6-13(16)12(8-11)9-3-2-4-10(7-9)14(17)18/h2-8H,1H3,(H,17,18). The van der Waals surface area contributed by atoms with Crippen molar-refractivity contribution in [2.75, 3.05) is 7.11 Å². The number of methoxy groups -OCH3 is 1. The molecule has 2 aromatic rings. The highest BCUT2D eigenvalue weighted by Crippen LogP contribution is 2.29. The number of ether oxygens (including phenoxy) is 1. The SMILES string of the molecule is COC(=O)c1ccc(Cl)c(-c2cccc(C(=O)O)c2)c1. The van der Waals surface area contributed by atoms with Crippen molar-refractivity contribution < 1.29 is 19.4 Å². The molecule has 0 aliphatic carbocycles. The molecule has 0 bridgehead atoms. The molecule has 0 radical (unpaired) electrons. The number of carboxylic acid groups (broad SMARTS) is 1. The van der Waals surface area contributed by atoms with Gasteiger partial charge >= 0.3 is 11.9 Å². The Morgan fingerprint density at radius 3 is 2.50 bits per heavy atom. The molecular weight excluding hydrogens is 280 g/mol. The normalized spacial score (nSPS) is 10.1. The van der Waals surface area contributed by atoms with Gasteiger partial charge in [0, 0.05) is 10.6 Å². The molecule has 0 atom stereocenters. The Morgan fingerprint density at radius 1 is 1.10 bits per heavy atom. The number of carbonyl (C=O) groups is 2. The lowest BCUT2D eigenvalue weighted by Crippen LogP contribution is -2.01. The van der Waals surface area contributed by atoms with E-state index in [0.29, 0.717) is 21.7 Å². The molecule has 102 valence electrons. The summed E-state index contributed by atoms with van der Waals surface area (Å²) in [5.41, 5.74) is 1.72. The summed E-state index contributed by atoms with van der Waals surface area (Å²) in [5, 5.41) is 9.43. The maximum absolute atomic E-state index is 11.5. The summed E-state index contributed by atoms with van der Waals surface area (Å²) in [6.07, 6.45) is 0. The van der Waals surface area contributed by atoms with E-state index in [2.05, 4.69) is 4.74 Å². The molecule has 0 saturated heterocycles. The highest BCUT2D eigenvalue weighted by atomic mass is 35.5. The topological polar surface area (TPSA) is 63.6 Å². The largest absolute Gasteiger partial charge is 0.478 e. The van der Waals surface area contributed by atoms with E-state index >= 15 is 0 Å². The molecule has 1 N–H and O–H groups in total. The van der Waals surface area contributed by atoms with Crippen LogP contribution in [-0.2, 0) is 4.74 Å². The number of hydrogen-bond acceptors (Lipinski definition) is 3. The van der Waals surface area contributed by atoms with Gasteiger partial charge in [-0.25, -0.2) is 9.59 Å². The van der Waals surface area contributed by atoms with Crippen LogP contribution in [0.4, 0.5) is 0 Å². The Labute approximate surface area is 120 Å². The minimum absolute atomic E-state index is 0.155. The van der Waals surface area contributed by atoms with Crippen LogP contribution in [-0.4, -0.2) is 24.2 Å². The summed E-state index contributed by atoms with van der Waals surface area (Å²) < 4.78 is 4.65. The monoisotopic (exact) mass is 290 g/mol. The smallest absolute Gasteiger partial charge is 0.337 e. The first kappa shape index (κ1) is 14.1. The van der Waals surface area contributed by atoms with Gasteiger partial charge < -0.3 is 9.84 Å². The molecule has 0 aliphatic heterocycles. The second-order valence-electron chi connectivity index (χ2n) is 4.07. The van der Waals surface area contributed by atoms with Crippen LogP contribution in [0.2, 0.25) is 5.02 Å². The number of hydrogen-bond donors (Lipinski definition) is 1. The average molecular weight is 291 g/mol. The van der Waals surface area contributed by atoms with Crippen molar-refractivity contribution in [1.82, 2.24) is 0 Å². The van der Waals surface area contributed by atoms with Gasteiger partial charge in [-0.1, -0.05) is 23.7 Å². The molecule has 0 aliphatic rings. The van der Waals surface area contributed by atoms with Crippen molar-refractivity contribution in [1.29, 1.82) is 0 Å². The van der Waals surface area contributed by atoms with Gasteiger partial charge in [-0.15, -0.1) is 0 Å². The van der Waals surface area contributed by atoms with Gasteiger partial charge in [-0.2, -0.15) is 0 Å². The zero-order valence-corrected chi connectivity index (χ0v) is 11.3. The molecule has 0 heterocycles. The molecule has 4 nitrogen and oxygen atoms in total. The maximum Gasteiger partial charge on any atom is 0.337 e. The van der Waals surface area contributed by atoms with Crippen molar-refractivity contribution in [2.24, 2.45) is 0 Å². The van der Waals surface area contributed by atoms with E-state index in [0.717, 1.165) is 0 Å². The molecule has 0 aromatic heterocycles. The van der Waals surface area contributed by atoms with Crippen molar-refractivity contribution in [3.05, 3.63) is 58.6 Å². The molecule has 0 fully saturated rings. The third-order valence-electron chi connectivity index (χ3n) is 2.81. The van der Waals surface area contributed by atoms with E-state index in [4.69, 9.17) is 16.7 Å². The molecule has 2 aromatic carbocycles. The van der Waals surface area contributed by atoms with Crippen LogP contribution in [0, 0.1) is 0 Å². The highest BCUT2D eigenvalue weighted by Gasteiger charge is 2.12. The fourth-order valence-electron chi connectivity index (χ4n) is 1.81. The van der Waals surface area contributed by atoms with Gasteiger partial charge in [-0.3, -0.25) is 0 Å². The molecule has 5 heteroatoms. The average Bonchev–Trinajstić information content (AvgIpc) is 2.47. The summed E-state index contributed by atoms with van der Waals surface area (Å²) in [4.78, 5) is 22.5. The number of carbonyl (C=O) groups excluding carboxylic acids is 1. The first-order valence-electron chi connectivity index (χ1n) is 5.74. The van der Waals surface area contributed by atoms with Gasteiger partial charge in [0.15, 0.2) is 0 Å².